The van der Waals surface area contributed by atoms with E-state index in [2.05, 4.69) is 5.32 Å². The molecule has 104 valence electrons. The molecule has 21 heavy (non-hydrogen) atoms. The second-order valence-corrected chi connectivity index (χ2v) is 4.07. The van der Waals surface area contributed by atoms with Crippen LogP contribution < -0.4 is 5.32 Å². The summed E-state index contributed by atoms with van der Waals surface area (Å²) in [4.78, 5) is 22.1. The van der Waals surface area contributed by atoms with Crippen molar-refractivity contribution in [1.29, 1.82) is 5.26 Å². The summed E-state index contributed by atoms with van der Waals surface area (Å²) in [5.41, 5.74) is -0.271. The van der Waals surface area contributed by atoms with Crippen molar-refractivity contribution in [3.8, 4) is 6.07 Å². The number of carbonyl (C=O) groups is 1. The first kappa shape index (κ1) is 14.1. The van der Waals surface area contributed by atoms with Crippen LogP contribution in [0.2, 0.25) is 0 Å². The normalized spacial score (nSPS) is 9.71. The average molecular weight is 285 g/mol. The van der Waals surface area contributed by atoms with E-state index in [0.29, 0.717) is 5.56 Å². The standard InChI is InChI=1S/C14H8FN3O3/c15-10-4-5-13(18(20)21)12(7-10)14(19)17-11-3-1-2-9(6-11)8-16/h1-7H,(H,17,19). The van der Waals surface area contributed by atoms with Gasteiger partial charge in [0.15, 0.2) is 0 Å². The highest BCUT2D eigenvalue weighted by molar-refractivity contribution is 6.07. The summed E-state index contributed by atoms with van der Waals surface area (Å²) in [6.45, 7) is 0. The van der Waals surface area contributed by atoms with Gasteiger partial charge in [0.2, 0.25) is 0 Å². The second-order valence-electron chi connectivity index (χ2n) is 4.07. The van der Waals surface area contributed by atoms with Gasteiger partial charge in [-0.1, -0.05) is 6.07 Å². The molecule has 0 saturated heterocycles. The smallest absolute Gasteiger partial charge is 0.282 e. The van der Waals surface area contributed by atoms with E-state index in [0.717, 1.165) is 18.2 Å². The molecule has 0 atom stereocenters. The van der Waals surface area contributed by atoms with E-state index in [4.69, 9.17) is 5.26 Å². The number of rotatable bonds is 3. The Hall–Kier alpha value is -3.27. The van der Waals surface area contributed by atoms with Gasteiger partial charge < -0.3 is 5.32 Å². The molecule has 0 fully saturated rings. The number of nitro benzene ring substituents is 1. The maximum Gasteiger partial charge on any atom is 0.282 e. The first-order valence-electron chi connectivity index (χ1n) is 5.76. The van der Waals surface area contributed by atoms with Gasteiger partial charge in [0.1, 0.15) is 11.4 Å². The van der Waals surface area contributed by atoms with Crippen LogP contribution in [0.5, 0.6) is 0 Å². The topological polar surface area (TPSA) is 96.0 Å². The van der Waals surface area contributed by atoms with E-state index in [1.807, 2.05) is 6.07 Å². The van der Waals surface area contributed by atoms with Crippen molar-refractivity contribution in [2.45, 2.75) is 0 Å². The number of hydrogen-bond donors (Lipinski definition) is 1. The predicted molar refractivity (Wildman–Crippen MR) is 72.2 cm³/mol. The molecule has 0 radical (unpaired) electrons. The zero-order valence-electron chi connectivity index (χ0n) is 10.5. The molecule has 0 unspecified atom stereocenters. The van der Waals surface area contributed by atoms with Crippen LogP contribution in [0.25, 0.3) is 0 Å². The summed E-state index contributed by atoms with van der Waals surface area (Å²) in [5, 5.41) is 22.0. The monoisotopic (exact) mass is 285 g/mol. The highest BCUT2D eigenvalue weighted by Gasteiger charge is 2.21. The largest absolute Gasteiger partial charge is 0.322 e. The minimum absolute atomic E-state index is 0.289. The molecule has 2 aromatic carbocycles. The van der Waals surface area contributed by atoms with Crippen molar-refractivity contribution >= 4 is 17.3 Å². The van der Waals surface area contributed by atoms with Gasteiger partial charge in [-0.3, -0.25) is 14.9 Å². The van der Waals surface area contributed by atoms with Crippen LogP contribution in [0.4, 0.5) is 15.8 Å². The number of nitriles is 1. The zero-order chi connectivity index (χ0) is 15.4. The van der Waals surface area contributed by atoms with Crippen molar-refractivity contribution in [3.05, 3.63) is 69.5 Å². The van der Waals surface area contributed by atoms with Crippen LogP contribution in [-0.2, 0) is 0 Å². The molecule has 0 saturated carbocycles. The second kappa shape index (κ2) is 5.79. The Morgan fingerprint density at radius 3 is 2.71 bits per heavy atom. The van der Waals surface area contributed by atoms with Crippen LogP contribution in [-0.4, -0.2) is 10.8 Å². The van der Waals surface area contributed by atoms with E-state index >= 15 is 0 Å². The summed E-state index contributed by atoms with van der Waals surface area (Å²) in [6.07, 6.45) is 0. The predicted octanol–water partition coefficient (Wildman–Crippen LogP) is 2.86. The van der Waals surface area contributed by atoms with Gasteiger partial charge in [-0.15, -0.1) is 0 Å². The maximum atomic E-state index is 13.2. The number of halogens is 1. The number of nitrogens with zero attached hydrogens (tertiary/aromatic N) is 2. The Balaban J connectivity index is 2.34. The van der Waals surface area contributed by atoms with E-state index < -0.39 is 22.3 Å². The number of carbonyl (C=O) groups excluding carboxylic acids is 1. The lowest BCUT2D eigenvalue weighted by Crippen LogP contribution is -2.14. The van der Waals surface area contributed by atoms with Crippen molar-refractivity contribution in [1.82, 2.24) is 0 Å². The molecule has 6 nitrogen and oxygen atoms in total. The van der Waals surface area contributed by atoms with Crippen LogP contribution >= 0.6 is 0 Å². The molecule has 0 aliphatic carbocycles. The van der Waals surface area contributed by atoms with Gasteiger partial charge in [0.05, 0.1) is 16.6 Å². The lowest BCUT2D eigenvalue weighted by atomic mass is 10.1. The number of anilines is 1. The summed E-state index contributed by atoms with van der Waals surface area (Å²) >= 11 is 0. The molecule has 0 aromatic heterocycles. The molecule has 0 aliphatic rings. The van der Waals surface area contributed by atoms with E-state index in [9.17, 15) is 19.3 Å². The third kappa shape index (κ3) is 3.19. The SMILES string of the molecule is N#Cc1cccc(NC(=O)c2cc(F)ccc2[N+](=O)[O-])c1. The fourth-order valence-corrected chi connectivity index (χ4v) is 1.71. The number of amides is 1. The number of benzene rings is 2. The lowest BCUT2D eigenvalue weighted by Gasteiger charge is -2.06. The Kier molecular flexibility index (Phi) is 3.90. The van der Waals surface area contributed by atoms with Gasteiger partial charge >= 0.3 is 0 Å². The Morgan fingerprint density at radius 1 is 1.29 bits per heavy atom. The van der Waals surface area contributed by atoms with Crippen molar-refractivity contribution in [2.24, 2.45) is 0 Å². The van der Waals surface area contributed by atoms with Crippen molar-refractivity contribution in [2.75, 3.05) is 5.32 Å². The molecule has 7 heteroatoms. The Bertz CT molecular complexity index is 768. The molecule has 0 heterocycles. The van der Waals surface area contributed by atoms with Gasteiger partial charge in [0, 0.05) is 11.8 Å². The molecule has 1 N–H and O–H groups in total. The summed E-state index contributed by atoms with van der Waals surface area (Å²) in [7, 11) is 0. The molecular weight excluding hydrogens is 277 g/mol. The number of hydrogen-bond acceptors (Lipinski definition) is 4. The van der Waals surface area contributed by atoms with E-state index in [1.165, 1.54) is 12.1 Å². The molecule has 0 bridgehead atoms. The minimum Gasteiger partial charge on any atom is -0.322 e. The molecule has 1 amide bonds. The molecule has 2 rings (SSSR count). The maximum absolute atomic E-state index is 13.2. The molecule has 0 spiro atoms. The lowest BCUT2D eigenvalue weighted by molar-refractivity contribution is -0.385. The average Bonchev–Trinajstić information content (AvgIpc) is 2.47. The van der Waals surface area contributed by atoms with Gasteiger partial charge in [0.25, 0.3) is 11.6 Å². The number of nitro groups is 1. The first-order valence-corrected chi connectivity index (χ1v) is 5.76. The van der Waals surface area contributed by atoms with E-state index in [-0.39, 0.29) is 11.3 Å². The summed E-state index contributed by atoms with van der Waals surface area (Å²) in [6, 6.07) is 10.5. The van der Waals surface area contributed by atoms with Crippen LogP contribution in [0.3, 0.4) is 0 Å². The molecular formula is C14H8FN3O3. The first-order chi connectivity index (χ1) is 10.0. The highest BCUT2D eigenvalue weighted by atomic mass is 19.1. The van der Waals surface area contributed by atoms with Gasteiger partial charge in [-0.05, 0) is 30.3 Å². The van der Waals surface area contributed by atoms with Crippen LogP contribution in [0.1, 0.15) is 15.9 Å². The Labute approximate surface area is 118 Å². The van der Waals surface area contributed by atoms with Crippen LogP contribution in [0.15, 0.2) is 42.5 Å². The van der Waals surface area contributed by atoms with Crippen LogP contribution in [0, 0.1) is 27.3 Å². The Morgan fingerprint density at radius 2 is 2.05 bits per heavy atom. The minimum atomic E-state index is -0.823. The fourth-order valence-electron chi connectivity index (χ4n) is 1.71. The van der Waals surface area contributed by atoms with Crippen molar-refractivity contribution in [3.63, 3.8) is 0 Å². The molecule has 2 aromatic rings. The zero-order valence-corrected chi connectivity index (χ0v) is 10.5. The highest BCUT2D eigenvalue weighted by Crippen LogP contribution is 2.21. The summed E-state index contributed by atoms with van der Waals surface area (Å²) in [5.74, 6) is -1.58. The quantitative estimate of drug-likeness (QED) is 0.692. The summed E-state index contributed by atoms with van der Waals surface area (Å²) < 4.78 is 13.2. The van der Waals surface area contributed by atoms with E-state index in [1.54, 1.807) is 12.1 Å². The van der Waals surface area contributed by atoms with Gasteiger partial charge in [-0.25, -0.2) is 4.39 Å². The molecule has 0 aliphatic heterocycles. The fraction of sp³-hybridized carbons (Fsp3) is 0. The van der Waals surface area contributed by atoms with Gasteiger partial charge in [-0.2, -0.15) is 5.26 Å². The van der Waals surface area contributed by atoms with Crippen molar-refractivity contribution < 1.29 is 14.1 Å². The third-order valence-electron chi connectivity index (χ3n) is 2.65. The number of nitrogens with one attached hydrogen (secondary N) is 1. The third-order valence-corrected chi connectivity index (χ3v) is 2.65.